The molecule has 4 heteroatoms. The van der Waals surface area contributed by atoms with Crippen molar-refractivity contribution in [3.05, 3.63) is 71.9 Å². The Kier molecular flexibility index (Phi) is 3.51. The minimum Gasteiger partial charge on any atom is -0.399 e. The second-order valence-electron chi connectivity index (χ2n) is 4.80. The van der Waals surface area contributed by atoms with Crippen molar-refractivity contribution in [2.24, 2.45) is 0 Å². The van der Waals surface area contributed by atoms with E-state index < -0.39 is 0 Å². The monoisotopic (exact) mass is 277 g/mol. The number of anilines is 1. The van der Waals surface area contributed by atoms with E-state index in [1.54, 1.807) is 24.3 Å². The lowest BCUT2D eigenvalue weighted by Gasteiger charge is -2.06. The van der Waals surface area contributed by atoms with Crippen molar-refractivity contribution in [2.75, 3.05) is 5.73 Å². The lowest BCUT2D eigenvalue weighted by Crippen LogP contribution is -2.23. The fourth-order valence-electron chi connectivity index (χ4n) is 2.16. The number of nitrogen functional groups attached to an aromatic ring is 1. The van der Waals surface area contributed by atoms with Crippen LogP contribution in [0, 0.1) is 0 Å². The molecular formula is C17H15N3O. The van der Waals surface area contributed by atoms with E-state index in [2.05, 4.69) is 10.3 Å². The number of hydrogen-bond donors (Lipinski definition) is 2. The summed E-state index contributed by atoms with van der Waals surface area (Å²) in [7, 11) is 0. The maximum absolute atomic E-state index is 12.0. The Morgan fingerprint density at radius 3 is 2.76 bits per heavy atom. The molecule has 21 heavy (non-hydrogen) atoms. The molecule has 0 fully saturated rings. The van der Waals surface area contributed by atoms with E-state index in [0.29, 0.717) is 17.8 Å². The van der Waals surface area contributed by atoms with Crippen molar-refractivity contribution in [1.82, 2.24) is 10.3 Å². The number of nitrogens with zero attached hydrogens (tertiary/aromatic N) is 1. The Hall–Kier alpha value is -2.88. The Morgan fingerprint density at radius 2 is 1.90 bits per heavy atom. The zero-order valence-electron chi connectivity index (χ0n) is 11.4. The van der Waals surface area contributed by atoms with Crippen LogP contribution in [-0.2, 0) is 6.54 Å². The number of aromatic nitrogens is 1. The zero-order valence-corrected chi connectivity index (χ0v) is 11.4. The predicted molar refractivity (Wildman–Crippen MR) is 83.8 cm³/mol. The zero-order chi connectivity index (χ0) is 14.7. The van der Waals surface area contributed by atoms with Gasteiger partial charge in [0.15, 0.2) is 0 Å². The van der Waals surface area contributed by atoms with E-state index in [0.717, 1.165) is 16.6 Å². The molecule has 0 spiro atoms. The van der Waals surface area contributed by atoms with Gasteiger partial charge < -0.3 is 11.1 Å². The number of nitrogens with one attached hydrogen (secondary N) is 1. The van der Waals surface area contributed by atoms with Gasteiger partial charge in [0.25, 0.3) is 5.91 Å². The fraction of sp³-hybridized carbons (Fsp3) is 0.0588. The first-order chi connectivity index (χ1) is 10.2. The van der Waals surface area contributed by atoms with Crippen LogP contribution in [0.4, 0.5) is 5.69 Å². The third kappa shape index (κ3) is 3.00. The van der Waals surface area contributed by atoms with E-state index in [1.165, 1.54) is 0 Å². The molecule has 0 bridgehead atoms. The molecule has 0 saturated carbocycles. The standard InChI is InChI=1S/C17H15N3O/c18-14-6-3-5-13(10-14)17(21)19-11-15-9-8-12-4-1-2-7-16(12)20-15/h1-10H,11,18H2,(H,19,21). The Balaban J connectivity index is 1.72. The summed E-state index contributed by atoms with van der Waals surface area (Å²) in [6, 6.07) is 18.7. The summed E-state index contributed by atoms with van der Waals surface area (Å²) in [4.78, 5) is 16.6. The molecule has 3 aromatic rings. The highest BCUT2D eigenvalue weighted by Gasteiger charge is 2.06. The van der Waals surface area contributed by atoms with Crippen molar-refractivity contribution in [3.8, 4) is 0 Å². The molecule has 3 rings (SSSR count). The van der Waals surface area contributed by atoms with E-state index in [1.807, 2.05) is 36.4 Å². The molecule has 1 amide bonds. The molecule has 4 nitrogen and oxygen atoms in total. The van der Waals surface area contributed by atoms with E-state index in [9.17, 15) is 4.79 Å². The normalized spacial score (nSPS) is 10.5. The number of carbonyl (C=O) groups is 1. The minimum atomic E-state index is -0.155. The number of nitrogens with two attached hydrogens (primary N) is 1. The molecule has 0 aliphatic rings. The number of hydrogen-bond acceptors (Lipinski definition) is 3. The van der Waals surface area contributed by atoms with Crippen LogP contribution >= 0.6 is 0 Å². The van der Waals surface area contributed by atoms with Gasteiger partial charge in [-0.1, -0.05) is 30.3 Å². The van der Waals surface area contributed by atoms with E-state index in [-0.39, 0.29) is 5.91 Å². The van der Waals surface area contributed by atoms with Gasteiger partial charge in [-0.25, -0.2) is 0 Å². The van der Waals surface area contributed by atoms with Gasteiger partial charge in [-0.05, 0) is 30.3 Å². The summed E-state index contributed by atoms with van der Waals surface area (Å²) < 4.78 is 0. The number of fused-ring (bicyclic) bond motifs is 1. The first-order valence-electron chi connectivity index (χ1n) is 6.71. The third-order valence-electron chi connectivity index (χ3n) is 3.23. The fourth-order valence-corrected chi connectivity index (χ4v) is 2.16. The average Bonchev–Trinajstić information content (AvgIpc) is 2.52. The third-order valence-corrected chi connectivity index (χ3v) is 3.23. The highest BCUT2D eigenvalue weighted by Crippen LogP contribution is 2.12. The van der Waals surface area contributed by atoms with E-state index in [4.69, 9.17) is 5.73 Å². The number of benzene rings is 2. The molecule has 0 unspecified atom stereocenters. The van der Waals surface area contributed by atoms with Gasteiger partial charge in [-0.3, -0.25) is 9.78 Å². The quantitative estimate of drug-likeness (QED) is 0.723. The maximum Gasteiger partial charge on any atom is 0.251 e. The van der Waals surface area contributed by atoms with Gasteiger partial charge in [0, 0.05) is 16.6 Å². The minimum absolute atomic E-state index is 0.155. The number of pyridine rings is 1. The van der Waals surface area contributed by atoms with Crippen molar-refractivity contribution in [2.45, 2.75) is 6.54 Å². The van der Waals surface area contributed by atoms with E-state index >= 15 is 0 Å². The van der Waals surface area contributed by atoms with Crippen LogP contribution < -0.4 is 11.1 Å². The van der Waals surface area contributed by atoms with Crippen LogP contribution in [0.25, 0.3) is 10.9 Å². The van der Waals surface area contributed by atoms with Crippen LogP contribution in [0.1, 0.15) is 16.1 Å². The second-order valence-corrected chi connectivity index (χ2v) is 4.80. The maximum atomic E-state index is 12.0. The first kappa shape index (κ1) is 13.1. The van der Waals surface area contributed by atoms with Crippen LogP contribution in [0.2, 0.25) is 0 Å². The van der Waals surface area contributed by atoms with Crippen molar-refractivity contribution >= 4 is 22.5 Å². The molecule has 0 atom stereocenters. The highest BCUT2D eigenvalue weighted by molar-refractivity contribution is 5.94. The summed E-state index contributed by atoms with van der Waals surface area (Å²) in [6.45, 7) is 0.387. The van der Waals surface area contributed by atoms with Crippen molar-refractivity contribution in [1.29, 1.82) is 0 Å². The summed E-state index contributed by atoms with van der Waals surface area (Å²) in [6.07, 6.45) is 0. The summed E-state index contributed by atoms with van der Waals surface area (Å²) in [5.74, 6) is -0.155. The molecule has 0 aliphatic heterocycles. The molecule has 3 N–H and O–H groups in total. The van der Waals surface area contributed by atoms with Crippen molar-refractivity contribution < 1.29 is 4.79 Å². The van der Waals surface area contributed by atoms with Gasteiger partial charge in [-0.15, -0.1) is 0 Å². The van der Waals surface area contributed by atoms with Gasteiger partial charge >= 0.3 is 0 Å². The predicted octanol–water partition coefficient (Wildman–Crippen LogP) is 2.75. The van der Waals surface area contributed by atoms with Gasteiger partial charge in [0.2, 0.25) is 0 Å². The number of rotatable bonds is 3. The Labute approximate surface area is 122 Å². The number of para-hydroxylation sites is 1. The Morgan fingerprint density at radius 1 is 1.05 bits per heavy atom. The molecule has 1 aromatic heterocycles. The van der Waals surface area contributed by atoms with Crippen LogP contribution in [0.5, 0.6) is 0 Å². The summed E-state index contributed by atoms with van der Waals surface area (Å²) in [5, 5.41) is 3.94. The van der Waals surface area contributed by atoms with Gasteiger partial charge in [0.05, 0.1) is 17.8 Å². The average molecular weight is 277 g/mol. The van der Waals surface area contributed by atoms with Gasteiger partial charge in [0.1, 0.15) is 0 Å². The molecule has 0 aliphatic carbocycles. The largest absolute Gasteiger partial charge is 0.399 e. The summed E-state index contributed by atoms with van der Waals surface area (Å²) in [5.41, 5.74) is 8.55. The molecular weight excluding hydrogens is 262 g/mol. The van der Waals surface area contributed by atoms with Crippen LogP contribution in [0.15, 0.2) is 60.7 Å². The first-order valence-corrected chi connectivity index (χ1v) is 6.71. The van der Waals surface area contributed by atoms with Crippen LogP contribution in [0.3, 0.4) is 0 Å². The number of amides is 1. The molecule has 0 radical (unpaired) electrons. The molecule has 0 saturated heterocycles. The lowest BCUT2D eigenvalue weighted by molar-refractivity contribution is 0.0950. The second kappa shape index (κ2) is 5.63. The van der Waals surface area contributed by atoms with Crippen molar-refractivity contribution in [3.63, 3.8) is 0 Å². The van der Waals surface area contributed by atoms with Crippen LogP contribution in [-0.4, -0.2) is 10.9 Å². The Bertz CT molecular complexity index is 799. The summed E-state index contributed by atoms with van der Waals surface area (Å²) >= 11 is 0. The smallest absolute Gasteiger partial charge is 0.251 e. The SMILES string of the molecule is Nc1cccc(C(=O)NCc2ccc3ccccc3n2)c1. The number of carbonyl (C=O) groups excluding carboxylic acids is 1. The molecule has 2 aromatic carbocycles. The van der Waals surface area contributed by atoms with Gasteiger partial charge in [-0.2, -0.15) is 0 Å². The lowest BCUT2D eigenvalue weighted by atomic mass is 10.2. The molecule has 104 valence electrons. The molecule has 1 heterocycles. The topological polar surface area (TPSA) is 68.0 Å². The highest BCUT2D eigenvalue weighted by atomic mass is 16.1.